The molecule has 1 fully saturated rings. The fourth-order valence-corrected chi connectivity index (χ4v) is 3.22. The highest BCUT2D eigenvalue weighted by molar-refractivity contribution is 9.10. The monoisotopic (exact) mass is 367 g/mol. The van der Waals surface area contributed by atoms with E-state index < -0.39 is 0 Å². The van der Waals surface area contributed by atoms with Gasteiger partial charge in [-0.2, -0.15) is 0 Å². The van der Waals surface area contributed by atoms with E-state index in [2.05, 4.69) is 26.1 Å². The summed E-state index contributed by atoms with van der Waals surface area (Å²) in [5.74, 6) is -0.0500. The van der Waals surface area contributed by atoms with Crippen LogP contribution in [0.4, 0.5) is 5.13 Å². The number of nitrogens with zero attached hydrogens (tertiary/aromatic N) is 3. The molecule has 1 aliphatic heterocycles. The number of hydrogen-bond acceptors (Lipinski definition) is 5. The molecule has 7 heteroatoms. The Labute approximate surface area is 135 Å². The molecule has 1 unspecified atom stereocenters. The minimum atomic E-state index is -0.338. The van der Waals surface area contributed by atoms with Crippen molar-refractivity contribution in [2.75, 3.05) is 18.6 Å². The Morgan fingerprint density at radius 1 is 1.38 bits per heavy atom. The summed E-state index contributed by atoms with van der Waals surface area (Å²) < 4.78 is 6.44. The van der Waals surface area contributed by atoms with Gasteiger partial charge >= 0.3 is 0 Å². The lowest BCUT2D eigenvalue weighted by Crippen LogP contribution is -2.35. The van der Waals surface area contributed by atoms with Crippen LogP contribution in [0.15, 0.2) is 28.7 Å². The smallest absolute Gasteiger partial charge is 0.257 e. The van der Waals surface area contributed by atoms with Crippen LogP contribution in [-0.4, -0.2) is 35.9 Å². The van der Waals surface area contributed by atoms with Crippen molar-refractivity contribution in [3.63, 3.8) is 0 Å². The van der Waals surface area contributed by atoms with Crippen molar-refractivity contribution in [1.29, 1.82) is 0 Å². The number of carbonyl (C=O) groups is 1. The third kappa shape index (κ3) is 3.14. The molecule has 0 saturated carbocycles. The molecule has 3 rings (SSSR count). The normalized spacial score (nSPS) is 17.9. The third-order valence-corrected chi connectivity index (χ3v) is 4.91. The highest BCUT2D eigenvalue weighted by Gasteiger charge is 2.28. The third-order valence-electron chi connectivity index (χ3n) is 3.33. The molecule has 0 spiro atoms. The zero-order chi connectivity index (χ0) is 14.8. The van der Waals surface area contributed by atoms with E-state index in [0.717, 1.165) is 27.9 Å². The average Bonchev–Trinajstić information content (AvgIpc) is 3.18. The van der Waals surface area contributed by atoms with Gasteiger partial charge in [-0.05, 0) is 25.0 Å². The van der Waals surface area contributed by atoms with Crippen LogP contribution in [-0.2, 0) is 9.53 Å². The van der Waals surface area contributed by atoms with Gasteiger partial charge in [0.2, 0.25) is 5.13 Å². The largest absolute Gasteiger partial charge is 0.368 e. The molecular formula is C14H14BrN3O2S. The Morgan fingerprint density at radius 2 is 2.14 bits per heavy atom. The topological polar surface area (TPSA) is 55.3 Å². The fourth-order valence-electron chi connectivity index (χ4n) is 2.14. The van der Waals surface area contributed by atoms with Gasteiger partial charge in [0.15, 0.2) is 0 Å². The van der Waals surface area contributed by atoms with Gasteiger partial charge in [-0.15, -0.1) is 10.2 Å². The molecule has 2 aromatic rings. The van der Waals surface area contributed by atoms with E-state index in [0.29, 0.717) is 11.7 Å². The molecule has 0 radical (unpaired) electrons. The molecule has 1 amide bonds. The summed E-state index contributed by atoms with van der Waals surface area (Å²) in [7, 11) is 1.72. The lowest BCUT2D eigenvalue weighted by Gasteiger charge is -2.16. The maximum atomic E-state index is 12.3. The summed E-state index contributed by atoms with van der Waals surface area (Å²) in [6.45, 7) is 0.657. The van der Waals surface area contributed by atoms with Gasteiger partial charge < -0.3 is 4.74 Å². The first kappa shape index (κ1) is 14.6. The quantitative estimate of drug-likeness (QED) is 0.836. The minimum absolute atomic E-state index is 0.0500. The van der Waals surface area contributed by atoms with Gasteiger partial charge in [-0.1, -0.05) is 39.4 Å². The van der Waals surface area contributed by atoms with Gasteiger partial charge in [0.1, 0.15) is 11.1 Å². The first-order valence-electron chi connectivity index (χ1n) is 6.64. The molecule has 110 valence electrons. The number of hydrogen-bond donors (Lipinski definition) is 0. The van der Waals surface area contributed by atoms with E-state index in [9.17, 15) is 4.79 Å². The Hall–Kier alpha value is -1.31. The highest BCUT2D eigenvalue weighted by Crippen LogP contribution is 2.29. The Balaban J connectivity index is 1.77. The van der Waals surface area contributed by atoms with Gasteiger partial charge in [0, 0.05) is 23.7 Å². The minimum Gasteiger partial charge on any atom is -0.368 e. The summed E-state index contributed by atoms with van der Waals surface area (Å²) >= 11 is 4.80. The second kappa shape index (κ2) is 6.21. The van der Waals surface area contributed by atoms with E-state index in [1.54, 1.807) is 7.05 Å². The van der Waals surface area contributed by atoms with Crippen LogP contribution in [0.2, 0.25) is 0 Å². The molecule has 5 nitrogen and oxygen atoms in total. The van der Waals surface area contributed by atoms with E-state index in [1.807, 2.05) is 24.3 Å². The van der Waals surface area contributed by atoms with Crippen LogP contribution in [0.1, 0.15) is 12.8 Å². The zero-order valence-electron chi connectivity index (χ0n) is 11.5. The maximum Gasteiger partial charge on any atom is 0.257 e. The molecule has 1 aliphatic rings. The molecule has 0 bridgehead atoms. The molecule has 0 N–H and O–H groups in total. The number of aromatic nitrogens is 2. The van der Waals surface area contributed by atoms with E-state index in [1.165, 1.54) is 16.2 Å². The van der Waals surface area contributed by atoms with Crippen LogP contribution < -0.4 is 4.90 Å². The molecule has 1 saturated heterocycles. The van der Waals surface area contributed by atoms with Gasteiger partial charge in [0.05, 0.1) is 0 Å². The molecule has 1 aromatic heterocycles. The number of amides is 1. The molecular weight excluding hydrogens is 354 g/mol. The van der Waals surface area contributed by atoms with Crippen molar-refractivity contribution in [1.82, 2.24) is 10.2 Å². The number of likely N-dealkylation sites (N-methyl/N-ethyl adjacent to an activating group) is 1. The average molecular weight is 368 g/mol. The summed E-state index contributed by atoms with van der Waals surface area (Å²) in [5.41, 5.74) is 0.986. The molecule has 21 heavy (non-hydrogen) atoms. The number of anilines is 1. The van der Waals surface area contributed by atoms with E-state index in [4.69, 9.17) is 4.74 Å². The molecule has 0 aliphatic carbocycles. The van der Waals surface area contributed by atoms with Gasteiger partial charge in [-0.25, -0.2) is 0 Å². The number of rotatable bonds is 3. The predicted octanol–water partition coefficient (Wildman–Crippen LogP) is 3.11. The summed E-state index contributed by atoms with van der Waals surface area (Å²) in [6, 6.07) is 7.85. The number of carbonyl (C=O) groups excluding carboxylic acids is 1. The zero-order valence-corrected chi connectivity index (χ0v) is 13.9. The standard InChI is InChI=1S/C14H14BrN3O2S/c1-18(13(19)11-3-2-8-20-11)14-17-16-12(21-14)9-4-6-10(15)7-5-9/h4-7,11H,2-3,8H2,1H3. The second-order valence-electron chi connectivity index (χ2n) is 4.80. The van der Waals surface area contributed by atoms with Crippen molar-refractivity contribution in [3.8, 4) is 10.6 Å². The molecule has 1 atom stereocenters. The lowest BCUT2D eigenvalue weighted by molar-refractivity contribution is -0.127. The van der Waals surface area contributed by atoms with Crippen molar-refractivity contribution >= 4 is 38.3 Å². The van der Waals surface area contributed by atoms with Crippen molar-refractivity contribution in [2.45, 2.75) is 18.9 Å². The van der Waals surface area contributed by atoms with E-state index in [-0.39, 0.29) is 12.0 Å². The number of halogens is 1. The lowest BCUT2D eigenvalue weighted by atomic mass is 10.2. The predicted molar refractivity (Wildman–Crippen MR) is 85.4 cm³/mol. The van der Waals surface area contributed by atoms with Crippen LogP contribution >= 0.6 is 27.3 Å². The highest BCUT2D eigenvalue weighted by atomic mass is 79.9. The Bertz CT molecular complexity index is 638. The second-order valence-corrected chi connectivity index (χ2v) is 6.67. The first-order valence-corrected chi connectivity index (χ1v) is 8.25. The van der Waals surface area contributed by atoms with Crippen molar-refractivity contribution in [2.24, 2.45) is 0 Å². The van der Waals surface area contributed by atoms with Crippen LogP contribution in [0.3, 0.4) is 0 Å². The summed E-state index contributed by atoms with van der Waals surface area (Å²) in [5, 5.41) is 9.67. The Kier molecular flexibility index (Phi) is 4.32. The van der Waals surface area contributed by atoms with Gasteiger partial charge in [0.25, 0.3) is 5.91 Å². The fraction of sp³-hybridized carbons (Fsp3) is 0.357. The van der Waals surface area contributed by atoms with Gasteiger partial charge in [-0.3, -0.25) is 9.69 Å². The number of ether oxygens (including phenoxy) is 1. The Morgan fingerprint density at radius 3 is 2.81 bits per heavy atom. The first-order chi connectivity index (χ1) is 10.1. The number of benzene rings is 1. The van der Waals surface area contributed by atoms with Crippen molar-refractivity contribution in [3.05, 3.63) is 28.7 Å². The van der Waals surface area contributed by atoms with E-state index >= 15 is 0 Å². The van der Waals surface area contributed by atoms with Crippen LogP contribution in [0.25, 0.3) is 10.6 Å². The SMILES string of the molecule is CN(C(=O)C1CCCO1)c1nnc(-c2ccc(Br)cc2)s1. The maximum absolute atomic E-state index is 12.3. The molecule has 1 aromatic carbocycles. The van der Waals surface area contributed by atoms with Crippen LogP contribution in [0, 0.1) is 0 Å². The summed E-state index contributed by atoms with van der Waals surface area (Å²) in [6.07, 6.45) is 1.38. The van der Waals surface area contributed by atoms with Crippen molar-refractivity contribution < 1.29 is 9.53 Å². The molecule has 2 heterocycles. The van der Waals surface area contributed by atoms with Crippen LogP contribution in [0.5, 0.6) is 0 Å². The summed E-state index contributed by atoms with van der Waals surface area (Å²) in [4.78, 5) is 13.8.